The standard InChI is InChI=1S/C9H8N2O2/c12-7-8-2-4-11(5-8)6-9-1-3-10-13-9/h1-5,7H,6H2. The van der Waals surface area contributed by atoms with Crippen LogP contribution in [0, 0.1) is 0 Å². The molecule has 2 rings (SSSR count). The molecule has 13 heavy (non-hydrogen) atoms. The molecule has 0 aromatic carbocycles. The van der Waals surface area contributed by atoms with Crippen molar-refractivity contribution < 1.29 is 9.32 Å². The third-order valence-corrected chi connectivity index (χ3v) is 1.74. The maximum atomic E-state index is 10.4. The summed E-state index contributed by atoms with van der Waals surface area (Å²) in [4.78, 5) is 10.4. The summed E-state index contributed by atoms with van der Waals surface area (Å²) in [5.41, 5.74) is 0.666. The fraction of sp³-hybridized carbons (Fsp3) is 0.111. The minimum absolute atomic E-state index is 0.605. The highest BCUT2D eigenvalue weighted by molar-refractivity contribution is 5.74. The monoisotopic (exact) mass is 176 g/mol. The fourth-order valence-corrected chi connectivity index (χ4v) is 1.13. The first-order valence-electron chi connectivity index (χ1n) is 3.89. The van der Waals surface area contributed by atoms with Gasteiger partial charge >= 0.3 is 0 Å². The summed E-state index contributed by atoms with van der Waals surface area (Å²) < 4.78 is 6.79. The van der Waals surface area contributed by atoms with Crippen molar-refractivity contribution in [3.8, 4) is 0 Å². The Morgan fingerprint density at radius 1 is 1.54 bits per heavy atom. The molecular formula is C9H8N2O2. The second-order valence-corrected chi connectivity index (χ2v) is 2.71. The van der Waals surface area contributed by atoms with E-state index in [0.717, 1.165) is 12.0 Å². The lowest BCUT2D eigenvalue weighted by atomic mass is 10.4. The van der Waals surface area contributed by atoms with Crippen LogP contribution >= 0.6 is 0 Å². The zero-order chi connectivity index (χ0) is 9.10. The van der Waals surface area contributed by atoms with Crippen LogP contribution < -0.4 is 0 Å². The molecule has 0 aliphatic rings. The summed E-state index contributed by atoms with van der Waals surface area (Å²) in [5, 5.41) is 3.59. The Balaban J connectivity index is 2.14. The van der Waals surface area contributed by atoms with Crippen LogP contribution in [0.3, 0.4) is 0 Å². The van der Waals surface area contributed by atoms with Crippen molar-refractivity contribution in [2.24, 2.45) is 0 Å². The Bertz CT molecular complexity index is 389. The number of hydrogen-bond donors (Lipinski definition) is 0. The van der Waals surface area contributed by atoms with Crippen LogP contribution in [0.2, 0.25) is 0 Å². The molecule has 2 heterocycles. The van der Waals surface area contributed by atoms with Gasteiger partial charge in [0.05, 0.1) is 12.7 Å². The maximum Gasteiger partial charge on any atom is 0.156 e. The number of hydrogen-bond acceptors (Lipinski definition) is 3. The minimum Gasteiger partial charge on any atom is -0.359 e. The Kier molecular flexibility index (Phi) is 1.96. The summed E-state index contributed by atoms with van der Waals surface area (Å²) in [6.45, 7) is 0.605. The molecule has 0 saturated carbocycles. The van der Waals surface area contributed by atoms with E-state index in [1.807, 2.05) is 10.8 Å². The van der Waals surface area contributed by atoms with Crippen LogP contribution in [-0.2, 0) is 6.54 Å². The maximum absolute atomic E-state index is 10.4. The highest BCUT2D eigenvalue weighted by atomic mass is 16.5. The summed E-state index contributed by atoms with van der Waals surface area (Å²) in [6, 6.07) is 3.55. The smallest absolute Gasteiger partial charge is 0.156 e. The number of aromatic nitrogens is 2. The molecule has 0 radical (unpaired) electrons. The lowest BCUT2D eigenvalue weighted by Gasteiger charge is -1.95. The molecule has 0 aliphatic carbocycles. The van der Waals surface area contributed by atoms with Gasteiger partial charge in [-0.1, -0.05) is 5.16 Å². The zero-order valence-electron chi connectivity index (χ0n) is 6.88. The Labute approximate surface area is 74.8 Å². The van der Waals surface area contributed by atoms with E-state index in [1.165, 1.54) is 0 Å². The van der Waals surface area contributed by atoms with Gasteiger partial charge in [-0.2, -0.15) is 0 Å². The van der Waals surface area contributed by atoms with Crippen molar-refractivity contribution in [1.29, 1.82) is 0 Å². The van der Waals surface area contributed by atoms with Crippen LogP contribution in [0.1, 0.15) is 16.1 Å². The van der Waals surface area contributed by atoms with Crippen molar-refractivity contribution in [3.05, 3.63) is 42.0 Å². The molecule has 0 spiro atoms. The lowest BCUT2D eigenvalue weighted by Crippen LogP contribution is -1.94. The summed E-state index contributed by atoms with van der Waals surface area (Å²) in [5.74, 6) is 0.771. The Morgan fingerprint density at radius 2 is 2.46 bits per heavy atom. The number of nitrogens with zero attached hydrogens (tertiary/aromatic N) is 2. The zero-order valence-corrected chi connectivity index (χ0v) is 6.88. The number of carbonyl (C=O) groups excluding carboxylic acids is 1. The molecule has 2 aromatic rings. The molecule has 0 N–H and O–H groups in total. The molecule has 0 bridgehead atoms. The predicted octanol–water partition coefficient (Wildman–Crippen LogP) is 1.34. The van der Waals surface area contributed by atoms with Gasteiger partial charge in [0.2, 0.25) is 0 Å². The largest absolute Gasteiger partial charge is 0.359 e. The second-order valence-electron chi connectivity index (χ2n) is 2.71. The third-order valence-electron chi connectivity index (χ3n) is 1.74. The summed E-state index contributed by atoms with van der Waals surface area (Å²) >= 11 is 0. The van der Waals surface area contributed by atoms with Gasteiger partial charge in [0.15, 0.2) is 12.0 Å². The first-order valence-corrected chi connectivity index (χ1v) is 3.89. The van der Waals surface area contributed by atoms with E-state index in [0.29, 0.717) is 12.1 Å². The molecule has 2 aromatic heterocycles. The Morgan fingerprint density at radius 3 is 3.08 bits per heavy atom. The van der Waals surface area contributed by atoms with E-state index in [2.05, 4.69) is 5.16 Å². The number of rotatable bonds is 3. The highest BCUT2D eigenvalue weighted by Crippen LogP contribution is 2.03. The summed E-state index contributed by atoms with van der Waals surface area (Å²) in [7, 11) is 0. The average Bonchev–Trinajstić information content (AvgIpc) is 2.76. The molecule has 0 saturated heterocycles. The van der Waals surface area contributed by atoms with E-state index in [1.54, 1.807) is 24.5 Å². The van der Waals surface area contributed by atoms with Crippen molar-refractivity contribution in [2.45, 2.75) is 6.54 Å². The first-order chi connectivity index (χ1) is 6.38. The molecule has 66 valence electrons. The van der Waals surface area contributed by atoms with Crippen LogP contribution in [0.4, 0.5) is 0 Å². The summed E-state index contributed by atoms with van der Waals surface area (Å²) in [6.07, 6.45) is 6.00. The minimum atomic E-state index is 0.605. The van der Waals surface area contributed by atoms with Crippen molar-refractivity contribution >= 4 is 6.29 Å². The average molecular weight is 176 g/mol. The van der Waals surface area contributed by atoms with Crippen LogP contribution in [0.15, 0.2) is 35.2 Å². The highest BCUT2D eigenvalue weighted by Gasteiger charge is 1.99. The van der Waals surface area contributed by atoms with Gasteiger partial charge in [0.1, 0.15) is 0 Å². The van der Waals surface area contributed by atoms with Crippen molar-refractivity contribution in [2.75, 3.05) is 0 Å². The first kappa shape index (κ1) is 7.79. The molecule has 0 fully saturated rings. The van der Waals surface area contributed by atoms with Gasteiger partial charge in [-0.05, 0) is 6.07 Å². The van der Waals surface area contributed by atoms with E-state index >= 15 is 0 Å². The van der Waals surface area contributed by atoms with E-state index in [-0.39, 0.29) is 0 Å². The molecule has 0 aliphatic heterocycles. The van der Waals surface area contributed by atoms with Gasteiger partial charge in [0, 0.05) is 24.0 Å². The van der Waals surface area contributed by atoms with Crippen LogP contribution in [0.5, 0.6) is 0 Å². The molecule has 0 unspecified atom stereocenters. The van der Waals surface area contributed by atoms with Crippen molar-refractivity contribution in [1.82, 2.24) is 9.72 Å². The molecule has 0 amide bonds. The quantitative estimate of drug-likeness (QED) is 0.663. The van der Waals surface area contributed by atoms with Gasteiger partial charge in [-0.25, -0.2) is 0 Å². The van der Waals surface area contributed by atoms with E-state index in [4.69, 9.17) is 4.52 Å². The van der Waals surface area contributed by atoms with E-state index < -0.39 is 0 Å². The van der Waals surface area contributed by atoms with Crippen molar-refractivity contribution in [3.63, 3.8) is 0 Å². The number of aldehydes is 1. The Hall–Kier alpha value is -1.84. The number of carbonyl (C=O) groups is 1. The second kappa shape index (κ2) is 3.26. The lowest BCUT2D eigenvalue weighted by molar-refractivity contribution is 0.112. The van der Waals surface area contributed by atoms with Gasteiger partial charge in [-0.3, -0.25) is 4.79 Å². The predicted molar refractivity (Wildman–Crippen MR) is 45.4 cm³/mol. The molecule has 4 nitrogen and oxygen atoms in total. The topological polar surface area (TPSA) is 48.0 Å². The third kappa shape index (κ3) is 1.66. The van der Waals surface area contributed by atoms with Gasteiger partial charge < -0.3 is 9.09 Å². The molecule has 4 heteroatoms. The fourth-order valence-electron chi connectivity index (χ4n) is 1.13. The van der Waals surface area contributed by atoms with Gasteiger partial charge in [-0.15, -0.1) is 0 Å². The van der Waals surface area contributed by atoms with Crippen LogP contribution in [0.25, 0.3) is 0 Å². The molecular weight excluding hydrogens is 168 g/mol. The SMILES string of the molecule is O=Cc1ccn(Cc2ccno2)c1. The normalized spacial score (nSPS) is 10.2. The van der Waals surface area contributed by atoms with E-state index in [9.17, 15) is 4.79 Å². The molecule has 0 atom stereocenters. The van der Waals surface area contributed by atoms with Crippen LogP contribution in [-0.4, -0.2) is 16.0 Å². The van der Waals surface area contributed by atoms with Gasteiger partial charge in [0.25, 0.3) is 0 Å².